The number of aromatic nitrogens is 1. The molecule has 2 aliphatic carbocycles. The molecular formula is C16H22N2O3S. The van der Waals surface area contributed by atoms with E-state index < -0.39 is 5.97 Å². The van der Waals surface area contributed by atoms with Gasteiger partial charge < -0.3 is 9.64 Å². The number of rotatable bonds is 5. The molecule has 0 atom stereocenters. The fourth-order valence-corrected chi connectivity index (χ4v) is 3.85. The van der Waals surface area contributed by atoms with Crippen molar-refractivity contribution in [3.05, 3.63) is 16.1 Å². The van der Waals surface area contributed by atoms with Gasteiger partial charge in [0.25, 0.3) is 0 Å². The van der Waals surface area contributed by atoms with Crippen LogP contribution in [0.2, 0.25) is 0 Å². The topological polar surface area (TPSA) is 59.5 Å². The number of carbonyl (C=O) groups is 2. The summed E-state index contributed by atoms with van der Waals surface area (Å²) in [6.07, 6.45) is 7.81. The van der Waals surface area contributed by atoms with Crippen molar-refractivity contribution in [1.29, 1.82) is 0 Å². The Bertz CT molecular complexity index is 547. The third-order valence-electron chi connectivity index (χ3n) is 4.48. The van der Waals surface area contributed by atoms with Crippen LogP contribution in [-0.4, -0.2) is 34.9 Å². The Hall–Kier alpha value is -1.43. The molecule has 2 aliphatic rings. The number of hydrogen-bond acceptors (Lipinski definition) is 5. The van der Waals surface area contributed by atoms with E-state index in [4.69, 9.17) is 0 Å². The smallest absolute Gasteiger partial charge is 0.357 e. The van der Waals surface area contributed by atoms with Gasteiger partial charge in [-0.1, -0.05) is 19.3 Å². The minimum Gasteiger partial charge on any atom is -0.464 e. The third kappa shape index (κ3) is 3.48. The molecule has 2 fully saturated rings. The SMILES string of the molecule is COC(=O)c1csc(CN(C(=O)C2CCCCC2)C2CC2)n1. The van der Waals surface area contributed by atoms with Gasteiger partial charge in [-0.15, -0.1) is 11.3 Å². The van der Waals surface area contributed by atoms with Crippen molar-refractivity contribution in [2.75, 3.05) is 7.11 Å². The Morgan fingerprint density at radius 3 is 2.64 bits per heavy atom. The highest BCUT2D eigenvalue weighted by atomic mass is 32.1. The van der Waals surface area contributed by atoms with Crippen LogP contribution in [0.1, 0.15) is 60.4 Å². The summed E-state index contributed by atoms with van der Waals surface area (Å²) in [7, 11) is 1.35. The zero-order valence-corrected chi connectivity index (χ0v) is 13.7. The van der Waals surface area contributed by atoms with E-state index in [2.05, 4.69) is 9.72 Å². The molecule has 0 spiro atoms. The first-order chi connectivity index (χ1) is 10.7. The van der Waals surface area contributed by atoms with E-state index in [0.29, 0.717) is 18.3 Å². The Labute approximate surface area is 134 Å². The molecule has 1 aromatic heterocycles. The van der Waals surface area contributed by atoms with Gasteiger partial charge in [-0.2, -0.15) is 0 Å². The van der Waals surface area contributed by atoms with Gasteiger partial charge in [0, 0.05) is 17.3 Å². The first-order valence-corrected chi connectivity index (χ1v) is 8.90. The quantitative estimate of drug-likeness (QED) is 0.782. The molecular weight excluding hydrogens is 300 g/mol. The van der Waals surface area contributed by atoms with Crippen LogP contribution in [0.4, 0.5) is 0 Å². The molecule has 1 heterocycles. The lowest BCUT2D eigenvalue weighted by atomic mass is 9.88. The van der Waals surface area contributed by atoms with Crippen molar-refractivity contribution < 1.29 is 14.3 Å². The number of methoxy groups -OCH3 is 1. The molecule has 6 heteroatoms. The van der Waals surface area contributed by atoms with E-state index in [9.17, 15) is 9.59 Å². The van der Waals surface area contributed by atoms with Gasteiger partial charge in [0.2, 0.25) is 5.91 Å². The van der Waals surface area contributed by atoms with E-state index in [0.717, 1.165) is 30.7 Å². The maximum absolute atomic E-state index is 12.8. The Morgan fingerprint density at radius 2 is 2.00 bits per heavy atom. The predicted octanol–water partition coefficient (Wildman–Crippen LogP) is 3.00. The molecule has 0 radical (unpaired) electrons. The van der Waals surface area contributed by atoms with E-state index >= 15 is 0 Å². The standard InChI is InChI=1S/C16H22N2O3S/c1-21-16(20)13-10-22-14(17-13)9-18(12-7-8-12)15(19)11-5-3-2-4-6-11/h10-12H,2-9H2,1H3. The highest BCUT2D eigenvalue weighted by molar-refractivity contribution is 7.09. The van der Waals surface area contributed by atoms with Crippen LogP contribution in [0.25, 0.3) is 0 Å². The Kier molecular flexibility index (Phi) is 4.76. The van der Waals surface area contributed by atoms with Gasteiger partial charge in [0.05, 0.1) is 13.7 Å². The van der Waals surface area contributed by atoms with E-state index in [1.165, 1.54) is 37.7 Å². The third-order valence-corrected chi connectivity index (χ3v) is 5.31. The summed E-state index contributed by atoms with van der Waals surface area (Å²) in [6.45, 7) is 0.529. The number of hydrogen-bond donors (Lipinski definition) is 0. The normalized spacial score (nSPS) is 19.0. The van der Waals surface area contributed by atoms with E-state index in [-0.39, 0.29) is 11.8 Å². The van der Waals surface area contributed by atoms with E-state index in [1.54, 1.807) is 5.38 Å². The molecule has 0 N–H and O–H groups in total. The lowest BCUT2D eigenvalue weighted by molar-refractivity contribution is -0.137. The molecule has 0 aromatic carbocycles. The van der Waals surface area contributed by atoms with Crippen molar-refractivity contribution in [3.8, 4) is 0 Å². The molecule has 0 saturated heterocycles. The minimum atomic E-state index is -0.418. The summed E-state index contributed by atoms with van der Waals surface area (Å²) in [6, 6.07) is 0.375. The van der Waals surface area contributed by atoms with Crippen LogP contribution in [0.5, 0.6) is 0 Å². The zero-order chi connectivity index (χ0) is 15.5. The summed E-state index contributed by atoms with van der Waals surface area (Å²) in [5, 5.41) is 2.52. The van der Waals surface area contributed by atoms with Crippen molar-refractivity contribution in [1.82, 2.24) is 9.88 Å². The zero-order valence-electron chi connectivity index (χ0n) is 12.9. The van der Waals surface area contributed by atoms with Gasteiger partial charge in [0.1, 0.15) is 5.01 Å². The second kappa shape index (κ2) is 6.77. The Morgan fingerprint density at radius 1 is 1.27 bits per heavy atom. The molecule has 22 heavy (non-hydrogen) atoms. The summed E-state index contributed by atoms with van der Waals surface area (Å²) in [4.78, 5) is 30.6. The second-order valence-electron chi connectivity index (χ2n) is 6.15. The summed E-state index contributed by atoms with van der Waals surface area (Å²) >= 11 is 1.42. The number of nitrogens with zero attached hydrogens (tertiary/aromatic N) is 2. The fraction of sp³-hybridized carbons (Fsp3) is 0.688. The predicted molar refractivity (Wildman–Crippen MR) is 83.6 cm³/mol. The van der Waals surface area contributed by atoms with Crippen molar-refractivity contribution in [2.45, 2.75) is 57.5 Å². The number of carbonyl (C=O) groups excluding carboxylic acids is 2. The van der Waals surface area contributed by atoms with Crippen molar-refractivity contribution >= 4 is 23.2 Å². The maximum atomic E-state index is 12.8. The molecule has 0 bridgehead atoms. The van der Waals surface area contributed by atoms with Crippen molar-refractivity contribution in [3.63, 3.8) is 0 Å². The summed E-state index contributed by atoms with van der Waals surface area (Å²) < 4.78 is 4.68. The molecule has 5 nitrogen and oxygen atoms in total. The highest BCUT2D eigenvalue weighted by Crippen LogP contribution is 2.33. The van der Waals surface area contributed by atoms with Crippen LogP contribution in [0, 0.1) is 5.92 Å². The van der Waals surface area contributed by atoms with Crippen molar-refractivity contribution in [2.24, 2.45) is 5.92 Å². The molecule has 120 valence electrons. The monoisotopic (exact) mass is 322 g/mol. The van der Waals surface area contributed by atoms with Crippen LogP contribution in [-0.2, 0) is 16.1 Å². The van der Waals surface area contributed by atoms with Crippen LogP contribution in [0.3, 0.4) is 0 Å². The molecule has 2 saturated carbocycles. The van der Waals surface area contributed by atoms with Crippen LogP contribution >= 0.6 is 11.3 Å². The molecule has 3 rings (SSSR count). The van der Waals surface area contributed by atoms with Gasteiger partial charge >= 0.3 is 5.97 Å². The lowest BCUT2D eigenvalue weighted by Crippen LogP contribution is -2.38. The number of ether oxygens (including phenoxy) is 1. The second-order valence-corrected chi connectivity index (χ2v) is 7.09. The largest absolute Gasteiger partial charge is 0.464 e. The average molecular weight is 322 g/mol. The first-order valence-electron chi connectivity index (χ1n) is 8.02. The molecule has 1 aromatic rings. The number of amides is 1. The summed E-state index contributed by atoms with van der Waals surface area (Å²) in [5.41, 5.74) is 0.336. The maximum Gasteiger partial charge on any atom is 0.357 e. The number of esters is 1. The van der Waals surface area contributed by atoms with Crippen LogP contribution < -0.4 is 0 Å². The molecule has 0 aliphatic heterocycles. The van der Waals surface area contributed by atoms with Gasteiger partial charge in [-0.25, -0.2) is 9.78 Å². The first kappa shape index (κ1) is 15.5. The van der Waals surface area contributed by atoms with Gasteiger partial charge in [0.15, 0.2) is 5.69 Å². The lowest BCUT2D eigenvalue weighted by Gasteiger charge is -2.28. The van der Waals surface area contributed by atoms with E-state index in [1.807, 2.05) is 4.90 Å². The average Bonchev–Trinajstić information content (AvgIpc) is 3.30. The highest BCUT2D eigenvalue weighted by Gasteiger charge is 2.36. The van der Waals surface area contributed by atoms with Gasteiger partial charge in [-0.05, 0) is 25.7 Å². The van der Waals surface area contributed by atoms with Crippen LogP contribution in [0.15, 0.2) is 5.38 Å². The fourth-order valence-electron chi connectivity index (χ4n) is 3.08. The summed E-state index contributed by atoms with van der Waals surface area (Å²) in [5.74, 6) is 0.0606. The molecule has 1 amide bonds. The molecule has 0 unspecified atom stereocenters. The number of thiazole rings is 1. The Balaban J connectivity index is 1.67. The van der Waals surface area contributed by atoms with Gasteiger partial charge in [-0.3, -0.25) is 4.79 Å². The minimum absolute atomic E-state index is 0.189.